The molecule has 3 N–H and O–H groups in total. The van der Waals surface area contributed by atoms with Crippen LogP contribution in [0.2, 0.25) is 0 Å². The number of nitrogen functional groups attached to an aromatic ring is 1. The van der Waals surface area contributed by atoms with Crippen LogP contribution in [-0.4, -0.2) is 20.0 Å². The molecule has 0 aliphatic heterocycles. The number of fused-ring (bicyclic) bond motifs is 1. The van der Waals surface area contributed by atoms with Crippen LogP contribution in [-0.2, 0) is 20.5 Å². The van der Waals surface area contributed by atoms with Gasteiger partial charge in [-0.1, -0.05) is 31.5 Å². The standard InChI is InChI=1S/C19H21N5O3/c1-4-8-12-13(17(25)21-11-9-6-5-7-10-11)15(20)22-16-14(12)18(26)24(3)19(27)23(16)2/h5-7,9-10H,4,8H2,1-3H3,(H2,20,22)(H,21,25). The van der Waals surface area contributed by atoms with Gasteiger partial charge < -0.3 is 11.1 Å². The van der Waals surface area contributed by atoms with Gasteiger partial charge in [0.25, 0.3) is 11.5 Å². The van der Waals surface area contributed by atoms with Gasteiger partial charge in [-0.05, 0) is 24.1 Å². The highest BCUT2D eigenvalue weighted by molar-refractivity contribution is 6.10. The molecule has 2 aromatic heterocycles. The number of carbonyl (C=O) groups is 1. The van der Waals surface area contributed by atoms with Crippen LogP contribution in [0.3, 0.4) is 0 Å². The summed E-state index contributed by atoms with van der Waals surface area (Å²) in [6.45, 7) is 1.94. The maximum absolute atomic E-state index is 12.9. The summed E-state index contributed by atoms with van der Waals surface area (Å²) in [5.74, 6) is -0.449. The van der Waals surface area contributed by atoms with Crippen molar-refractivity contribution in [3.05, 3.63) is 62.3 Å². The smallest absolute Gasteiger partial charge is 0.332 e. The Hall–Kier alpha value is -3.42. The number of pyridine rings is 1. The minimum atomic E-state index is -0.497. The lowest BCUT2D eigenvalue weighted by molar-refractivity contribution is 0.102. The first-order chi connectivity index (χ1) is 12.9. The summed E-state index contributed by atoms with van der Waals surface area (Å²) < 4.78 is 2.28. The van der Waals surface area contributed by atoms with Gasteiger partial charge in [0, 0.05) is 19.8 Å². The van der Waals surface area contributed by atoms with Crippen molar-refractivity contribution in [2.24, 2.45) is 14.1 Å². The molecule has 0 aliphatic rings. The summed E-state index contributed by atoms with van der Waals surface area (Å²) in [6.07, 6.45) is 1.14. The summed E-state index contributed by atoms with van der Waals surface area (Å²) in [4.78, 5) is 42.1. The zero-order valence-corrected chi connectivity index (χ0v) is 15.4. The Morgan fingerprint density at radius 2 is 1.81 bits per heavy atom. The normalized spacial score (nSPS) is 10.9. The Kier molecular flexibility index (Phi) is 4.81. The Morgan fingerprint density at radius 3 is 2.44 bits per heavy atom. The number of para-hydroxylation sites is 1. The van der Waals surface area contributed by atoms with Crippen molar-refractivity contribution < 1.29 is 4.79 Å². The van der Waals surface area contributed by atoms with Crippen LogP contribution in [0.25, 0.3) is 11.0 Å². The van der Waals surface area contributed by atoms with Crippen molar-refractivity contribution in [2.45, 2.75) is 19.8 Å². The van der Waals surface area contributed by atoms with Gasteiger partial charge in [0.05, 0.1) is 10.9 Å². The van der Waals surface area contributed by atoms with Crippen molar-refractivity contribution in [1.29, 1.82) is 0 Å². The summed E-state index contributed by atoms with van der Waals surface area (Å²) in [7, 11) is 2.93. The molecule has 1 amide bonds. The van der Waals surface area contributed by atoms with Crippen molar-refractivity contribution in [3.8, 4) is 0 Å². The van der Waals surface area contributed by atoms with Gasteiger partial charge in [0.1, 0.15) is 5.82 Å². The number of hydrogen-bond donors (Lipinski definition) is 2. The monoisotopic (exact) mass is 367 g/mol. The first kappa shape index (κ1) is 18.4. The Morgan fingerprint density at radius 1 is 1.15 bits per heavy atom. The van der Waals surface area contributed by atoms with E-state index in [0.29, 0.717) is 24.1 Å². The number of benzene rings is 1. The lowest BCUT2D eigenvalue weighted by Gasteiger charge is -2.16. The van der Waals surface area contributed by atoms with E-state index >= 15 is 0 Å². The SMILES string of the molecule is CCCc1c(C(=O)Nc2ccccc2)c(N)nc2c1c(=O)n(C)c(=O)n2C. The first-order valence-electron chi connectivity index (χ1n) is 8.61. The predicted octanol–water partition coefficient (Wildman–Crippen LogP) is 1.42. The third-order valence-electron chi connectivity index (χ3n) is 4.48. The second-order valence-corrected chi connectivity index (χ2v) is 6.33. The van der Waals surface area contributed by atoms with Gasteiger partial charge >= 0.3 is 5.69 Å². The van der Waals surface area contributed by atoms with Gasteiger partial charge in [0.15, 0.2) is 5.65 Å². The molecule has 0 aliphatic carbocycles. The molecule has 140 valence electrons. The highest BCUT2D eigenvalue weighted by atomic mass is 16.2. The van der Waals surface area contributed by atoms with E-state index in [4.69, 9.17) is 5.73 Å². The van der Waals surface area contributed by atoms with Crippen molar-refractivity contribution in [1.82, 2.24) is 14.1 Å². The van der Waals surface area contributed by atoms with Crippen molar-refractivity contribution >= 4 is 28.4 Å². The molecule has 8 nitrogen and oxygen atoms in total. The fraction of sp³-hybridized carbons (Fsp3) is 0.263. The minimum absolute atomic E-state index is 0.0114. The minimum Gasteiger partial charge on any atom is -0.383 e. The molecule has 0 atom stereocenters. The van der Waals surface area contributed by atoms with E-state index in [1.54, 1.807) is 24.3 Å². The fourth-order valence-corrected chi connectivity index (χ4v) is 3.15. The molecular weight excluding hydrogens is 346 g/mol. The van der Waals surface area contributed by atoms with Crippen LogP contribution in [0.4, 0.5) is 11.5 Å². The average molecular weight is 367 g/mol. The number of nitrogens with zero attached hydrogens (tertiary/aromatic N) is 3. The van der Waals surface area contributed by atoms with E-state index in [9.17, 15) is 14.4 Å². The number of anilines is 2. The van der Waals surface area contributed by atoms with Crippen LogP contribution < -0.4 is 22.3 Å². The quantitative estimate of drug-likeness (QED) is 0.724. The lowest BCUT2D eigenvalue weighted by Crippen LogP contribution is -2.38. The molecule has 1 aromatic carbocycles. The molecule has 0 saturated carbocycles. The third kappa shape index (κ3) is 3.10. The second-order valence-electron chi connectivity index (χ2n) is 6.33. The molecule has 0 radical (unpaired) electrons. The molecule has 8 heteroatoms. The second kappa shape index (κ2) is 7.06. The summed E-state index contributed by atoms with van der Waals surface area (Å²) in [5, 5.41) is 3.03. The molecule has 0 spiro atoms. The number of nitrogens with two attached hydrogens (primary N) is 1. The summed E-state index contributed by atoms with van der Waals surface area (Å²) in [6, 6.07) is 8.95. The molecule has 0 saturated heterocycles. The van der Waals surface area contributed by atoms with E-state index in [0.717, 1.165) is 4.57 Å². The van der Waals surface area contributed by atoms with E-state index in [-0.39, 0.29) is 22.4 Å². The first-order valence-corrected chi connectivity index (χ1v) is 8.61. The predicted molar refractivity (Wildman–Crippen MR) is 105 cm³/mol. The van der Waals surface area contributed by atoms with Crippen LogP contribution >= 0.6 is 0 Å². The van der Waals surface area contributed by atoms with E-state index in [1.807, 2.05) is 13.0 Å². The number of hydrogen-bond acceptors (Lipinski definition) is 5. The molecule has 3 rings (SSSR count). The van der Waals surface area contributed by atoms with Crippen LogP contribution in [0, 0.1) is 0 Å². The Labute approximate surface area is 155 Å². The van der Waals surface area contributed by atoms with Gasteiger partial charge in [-0.2, -0.15) is 0 Å². The van der Waals surface area contributed by atoms with Crippen LogP contribution in [0.15, 0.2) is 39.9 Å². The number of amides is 1. The Bertz CT molecular complexity index is 1150. The molecule has 2 heterocycles. The highest BCUT2D eigenvalue weighted by Crippen LogP contribution is 2.24. The topological polar surface area (TPSA) is 112 Å². The molecule has 27 heavy (non-hydrogen) atoms. The van der Waals surface area contributed by atoms with Gasteiger partial charge in [-0.3, -0.25) is 18.7 Å². The van der Waals surface area contributed by atoms with Gasteiger partial charge in [-0.25, -0.2) is 9.78 Å². The molecule has 0 fully saturated rings. The van der Waals surface area contributed by atoms with Crippen LogP contribution in [0.5, 0.6) is 0 Å². The van der Waals surface area contributed by atoms with Gasteiger partial charge in [0.2, 0.25) is 0 Å². The number of carbonyl (C=O) groups excluding carboxylic acids is 1. The zero-order chi connectivity index (χ0) is 19.7. The molecule has 0 bridgehead atoms. The average Bonchev–Trinajstić information content (AvgIpc) is 2.65. The lowest BCUT2D eigenvalue weighted by atomic mass is 9.99. The van der Waals surface area contributed by atoms with Crippen molar-refractivity contribution in [2.75, 3.05) is 11.1 Å². The number of rotatable bonds is 4. The maximum atomic E-state index is 12.9. The van der Waals surface area contributed by atoms with E-state index in [2.05, 4.69) is 10.3 Å². The highest BCUT2D eigenvalue weighted by Gasteiger charge is 2.23. The fourth-order valence-electron chi connectivity index (χ4n) is 3.15. The van der Waals surface area contributed by atoms with E-state index in [1.165, 1.54) is 18.7 Å². The molecule has 0 unspecified atom stereocenters. The summed E-state index contributed by atoms with van der Waals surface area (Å²) >= 11 is 0. The number of nitrogens with one attached hydrogen (secondary N) is 1. The largest absolute Gasteiger partial charge is 0.383 e. The molecular formula is C19H21N5O3. The maximum Gasteiger partial charge on any atom is 0.332 e. The number of aryl methyl sites for hydroxylation is 2. The Balaban J connectivity index is 2.31. The van der Waals surface area contributed by atoms with E-state index < -0.39 is 17.2 Å². The zero-order valence-electron chi connectivity index (χ0n) is 15.4. The van der Waals surface area contributed by atoms with Gasteiger partial charge in [-0.15, -0.1) is 0 Å². The third-order valence-corrected chi connectivity index (χ3v) is 4.48. The van der Waals surface area contributed by atoms with Crippen LogP contribution in [0.1, 0.15) is 29.3 Å². The molecule has 3 aromatic rings. The summed E-state index contributed by atoms with van der Waals surface area (Å²) in [5.41, 5.74) is 6.56. The number of aromatic nitrogens is 3. The van der Waals surface area contributed by atoms with Crippen molar-refractivity contribution in [3.63, 3.8) is 0 Å².